The Labute approximate surface area is 118 Å². The lowest BCUT2D eigenvalue weighted by Crippen LogP contribution is -2.22. The van der Waals surface area contributed by atoms with Crippen LogP contribution in [0.2, 0.25) is 0 Å². The minimum atomic E-state index is -0.754. The van der Waals surface area contributed by atoms with E-state index in [1.807, 2.05) is 36.0 Å². The minimum absolute atomic E-state index is 0.313. The molecule has 0 bridgehead atoms. The van der Waals surface area contributed by atoms with Crippen molar-refractivity contribution in [3.8, 4) is 5.75 Å². The van der Waals surface area contributed by atoms with Crippen LogP contribution in [0.15, 0.2) is 24.3 Å². The van der Waals surface area contributed by atoms with Crippen LogP contribution in [0.25, 0.3) is 0 Å². The molecule has 2 rings (SSSR count). The fourth-order valence-electron chi connectivity index (χ4n) is 2.17. The Morgan fingerprint density at radius 3 is 2.89 bits per heavy atom. The van der Waals surface area contributed by atoms with Gasteiger partial charge in [0.05, 0.1) is 5.92 Å². The lowest BCUT2D eigenvalue weighted by molar-refractivity contribution is -0.141. The van der Waals surface area contributed by atoms with Crippen LogP contribution in [-0.2, 0) is 11.2 Å². The zero-order valence-electron chi connectivity index (χ0n) is 11.2. The predicted molar refractivity (Wildman–Crippen MR) is 77.9 cm³/mol. The van der Waals surface area contributed by atoms with Crippen LogP contribution in [0.4, 0.5) is 0 Å². The number of thioether (sulfide) groups is 1. The molecule has 3 nitrogen and oxygen atoms in total. The maximum atomic E-state index is 10.9. The van der Waals surface area contributed by atoms with Gasteiger partial charge in [0.2, 0.25) is 0 Å². The first-order chi connectivity index (χ1) is 9.15. The average Bonchev–Trinajstić information content (AvgIpc) is 2.40. The smallest absolute Gasteiger partial charge is 0.306 e. The fraction of sp³-hybridized carbons (Fsp3) is 0.533. The Balaban J connectivity index is 1.96. The molecule has 0 spiro atoms. The van der Waals surface area contributed by atoms with Crippen molar-refractivity contribution in [3.05, 3.63) is 29.8 Å². The van der Waals surface area contributed by atoms with Gasteiger partial charge < -0.3 is 9.84 Å². The zero-order chi connectivity index (χ0) is 13.7. The first kappa shape index (κ1) is 14.3. The van der Waals surface area contributed by atoms with E-state index in [0.717, 1.165) is 24.2 Å². The van der Waals surface area contributed by atoms with E-state index in [-0.39, 0.29) is 5.92 Å². The standard InChI is InChI=1S/C15H20O3S/c1-11(15(16)17)9-12-3-2-4-14(10-12)18-13-5-7-19-8-6-13/h2-4,10-11,13H,5-9H2,1H3,(H,16,17). The molecule has 0 amide bonds. The summed E-state index contributed by atoms with van der Waals surface area (Å²) in [6, 6.07) is 7.83. The third-order valence-electron chi connectivity index (χ3n) is 3.33. The van der Waals surface area contributed by atoms with Gasteiger partial charge in [-0.3, -0.25) is 4.79 Å². The third kappa shape index (κ3) is 4.46. The highest BCUT2D eigenvalue weighted by atomic mass is 32.2. The van der Waals surface area contributed by atoms with Gasteiger partial charge >= 0.3 is 5.97 Å². The summed E-state index contributed by atoms with van der Waals surface area (Å²) in [5.74, 6) is 2.09. The van der Waals surface area contributed by atoms with Crippen molar-refractivity contribution in [1.82, 2.24) is 0 Å². The largest absolute Gasteiger partial charge is 0.490 e. The van der Waals surface area contributed by atoms with Gasteiger partial charge in [-0.2, -0.15) is 11.8 Å². The van der Waals surface area contributed by atoms with Gasteiger partial charge in [0.15, 0.2) is 0 Å². The molecule has 1 aromatic rings. The number of rotatable bonds is 5. The van der Waals surface area contributed by atoms with Crippen molar-refractivity contribution in [1.29, 1.82) is 0 Å². The topological polar surface area (TPSA) is 46.5 Å². The Morgan fingerprint density at radius 2 is 2.21 bits per heavy atom. The van der Waals surface area contributed by atoms with E-state index in [2.05, 4.69) is 0 Å². The first-order valence-corrected chi connectivity index (χ1v) is 7.87. The number of benzene rings is 1. The summed E-state index contributed by atoms with van der Waals surface area (Å²) in [5.41, 5.74) is 1.03. The van der Waals surface area contributed by atoms with E-state index in [0.29, 0.717) is 12.5 Å². The van der Waals surface area contributed by atoms with Gasteiger partial charge in [0.25, 0.3) is 0 Å². The molecule has 0 radical (unpaired) electrons. The van der Waals surface area contributed by atoms with E-state index < -0.39 is 5.97 Å². The van der Waals surface area contributed by atoms with Crippen LogP contribution < -0.4 is 4.74 Å². The summed E-state index contributed by atoms with van der Waals surface area (Å²) in [5, 5.41) is 8.94. The van der Waals surface area contributed by atoms with Crippen molar-refractivity contribution in [3.63, 3.8) is 0 Å². The SMILES string of the molecule is CC(Cc1cccc(OC2CCSCC2)c1)C(=O)O. The Hall–Kier alpha value is -1.16. The molecular formula is C15H20O3S. The van der Waals surface area contributed by atoms with Gasteiger partial charge in [-0.15, -0.1) is 0 Å². The summed E-state index contributed by atoms with van der Waals surface area (Å²) in [6.45, 7) is 1.73. The molecule has 1 fully saturated rings. The minimum Gasteiger partial charge on any atom is -0.490 e. The summed E-state index contributed by atoms with van der Waals surface area (Å²) in [7, 11) is 0. The molecular weight excluding hydrogens is 260 g/mol. The van der Waals surface area contributed by atoms with Gasteiger partial charge in [-0.1, -0.05) is 19.1 Å². The Bertz CT molecular complexity index is 427. The van der Waals surface area contributed by atoms with E-state index in [9.17, 15) is 4.79 Å². The number of ether oxygens (including phenoxy) is 1. The second kappa shape index (κ2) is 6.85. The number of carboxylic acids is 1. The molecule has 1 aliphatic rings. The number of hydrogen-bond acceptors (Lipinski definition) is 3. The van der Waals surface area contributed by atoms with E-state index in [1.54, 1.807) is 6.92 Å². The van der Waals surface area contributed by atoms with Crippen LogP contribution >= 0.6 is 11.8 Å². The quantitative estimate of drug-likeness (QED) is 0.899. The normalized spacial score (nSPS) is 17.9. The molecule has 19 heavy (non-hydrogen) atoms. The highest BCUT2D eigenvalue weighted by Crippen LogP contribution is 2.24. The van der Waals surface area contributed by atoms with Crippen LogP contribution in [0.3, 0.4) is 0 Å². The van der Waals surface area contributed by atoms with Gasteiger partial charge in [0, 0.05) is 0 Å². The molecule has 1 unspecified atom stereocenters. The number of carbonyl (C=O) groups is 1. The Morgan fingerprint density at radius 1 is 1.47 bits per heavy atom. The van der Waals surface area contributed by atoms with Crippen molar-refractivity contribution in [2.45, 2.75) is 32.3 Å². The monoisotopic (exact) mass is 280 g/mol. The summed E-state index contributed by atoms with van der Waals surface area (Å²) in [6.07, 6.45) is 3.06. The van der Waals surface area contributed by atoms with Crippen LogP contribution in [0.5, 0.6) is 5.75 Å². The molecule has 1 heterocycles. The Kier molecular flexibility index (Phi) is 5.14. The molecule has 1 atom stereocenters. The maximum absolute atomic E-state index is 10.9. The molecule has 4 heteroatoms. The number of carboxylic acid groups (broad SMARTS) is 1. The van der Waals surface area contributed by atoms with Crippen molar-refractivity contribution in [2.24, 2.45) is 5.92 Å². The highest BCUT2D eigenvalue weighted by molar-refractivity contribution is 7.99. The van der Waals surface area contributed by atoms with E-state index >= 15 is 0 Å². The molecule has 0 saturated carbocycles. The fourth-order valence-corrected chi connectivity index (χ4v) is 3.24. The molecule has 104 valence electrons. The van der Waals surface area contributed by atoms with Gasteiger partial charge in [0.1, 0.15) is 11.9 Å². The average molecular weight is 280 g/mol. The second-order valence-corrected chi connectivity index (χ2v) is 6.25. The van der Waals surface area contributed by atoms with Crippen LogP contribution in [-0.4, -0.2) is 28.7 Å². The highest BCUT2D eigenvalue weighted by Gasteiger charge is 2.16. The van der Waals surface area contributed by atoms with E-state index in [1.165, 1.54) is 11.5 Å². The number of hydrogen-bond donors (Lipinski definition) is 1. The predicted octanol–water partition coefficient (Wildman–Crippen LogP) is 3.22. The van der Waals surface area contributed by atoms with Crippen molar-refractivity contribution in [2.75, 3.05) is 11.5 Å². The maximum Gasteiger partial charge on any atom is 0.306 e. The molecule has 1 aromatic carbocycles. The van der Waals surface area contributed by atoms with Crippen LogP contribution in [0, 0.1) is 5.92 Å². The lowest BCUT2D eigenvalue weighted by Gasteiger charge is -2.23. The van der Waals surface area contributed by atoms with Gasteiger partial charge in [-0.25, -0.2) is 0 Å². The summed E-state index contributed by atoms with van der Waals surface area (Å²) < 4.78 is 5.98. The third-order valence-corrected chi connectivity index (χ3v) is 4.38. The first-order valence-electron chi connectivity index (χ1n) is 6.71. The molecule has 1 saturated heterocycles. The zero-order valence-corrected chi connectivity index (χ0v) is 12.0. The molecule has 0 aliphatic carbocycles. The second-order valence-electron chi connectivity index (χ2n) is 5.02. The van der Waals surface area contributed by atoms with E-state index in [4.69, 9.17) is 9.84 Å². The molecule has 0 aromatic heterocycles. The number of aliphatic carboxylic acids is 1. The van der Waals surface area contributed by atoms with Crippen molar-refractivity contribution < 1.29 is 14.6 Å². The van der Waals surface area contributed by atoms with Gasteiger partial charge in [-0.05, 0) is 48.5 Å². The lowest BCUT2D eigenvalue weighted by atomic mass is 10.0. The summed E-state index contributed by atoms with van der Waals surface area (Å²) >= 11 is 1.98. The summed E-state index contributed by atoms with van der Waals surface area (Å²) in [4.78, 5) is 10.9. The van der Waals surface area contributed by atoms with Crippen molar-refractivity contribution >= 4 is 17.7 Å². The molecule has 1 N–H and O–H groups in total. The molecule has 1 aliphatic heterocycles. The van der Waals surface area contributed by atoms with Crippen LogP contribution in [0.1, 0.15) is 25.3 Å².